The molecule has 7 nitrogen and oxygen atoms in total. The molecule has 0 unspecified atom stereocenters. The Balaban J connectivity index is 1.98. The van der Waals surface area contributed by atoms with E-state index in [1.165, 1.54) is 24.1 Å². The number of hydrogen-bond acceptors (Lipinski definition) is 5. The van der Waals surface area contributed by atoms with E-state index in [2.05, 4.69) is 9.46 Å². The maximum Gasteiger partial charge on any atom is 0.325 e. The van der Waals surface area contributed by atoms with Gasteiger partial charge in [0.25, 0.3) is 10.0 Å². The van der Waals surface area contributed by atoms with Crippen molar-refractivity contribution in [3.05, 3.63) is 53.6 Å². The zero-order valence-corrected chi connectivity index (χ0v) is 17.0. The number of benzene rings is 2. The highest BCUT2D eigenvalue weighted by Gasteiger charge is 2.45. The van der Waals surface area contributed by atoms with Crippen LogP contribution in [0.4, 0.5) is 11.4 Å². The molecule has 1 N–H and O–H groups in total. The number of amides is 1. The Kier molecular flexibility index (Phi) is 4.93. The molecule has 0 fully saturated rings. The zero-order chi connectivity index (χ0) is 20.7. The monoisotopic (exact) mass is 402 g/mol. The lowest BCUT2D eigenvalue weighted by Crippen LogP contribution is -2.39. The second-order valence-electron chi connectivity index (χ2n) is 7.24. The lowest BCUT2D eigenvalue weighted by atomic mass is 9.86. The van der Waals surface area contributed by atoms with Crippen LogP contribution in [-0.4, -0.2) is 33.9 Å². The number of nitrogens with zero attached hydrogens (tertiary/aromatic N) is 1. The molecule has 8 heteroatoms. The number of esters is 1. The fourth-order valence-electron chi connectivity index (χ4n) is 3.17. The summed E-state index contributed by atoms with van der Waals surface area (Å²) in [5.41, 5.74) is 1.57. The minimum absolute atomic E-state index is 0.0487. The lowest BCUT2D eigenvalue weighted by Gasteiger charge is -2.19. The van der Waals surface area contributed by atoms with Gasteiger partial charge in [-0.2, -0.15) is 0 Å². The first-order valence-electron chi connectivity index (χ1n) is 8.69. The van der Waals surface area contributed by atoms with Gasteiger partial charge in [0.2, 0.25) is 5.91 Å². The molecule has 2 aromatic carbocycles. The lowest BCUT2D eigenvalue weighted by molar-refractivity contribution is -0.140. The number of aryl methyl sites for hydroxylation is 1. The molecule has 2 aromatic rings. The first-order chi connectivity index (χ1) is 13.1. The van der Waals surface area contributed by atoms with Crippen LogP contribution in [0.2, 0.25) is 0 Å². The molecule has 0 saturated heterocycles. The quantitative estimate of drug-likeness (QED) is 0.776. The van der Waals surface area contributed by atoms with Gasteiger partial charge < -0.3 is 9.64 Å². The van der Waals surface area contributed by atoms with Gasteiger partial charge in [-0.1, -0.05) is 17.7 Å². The summed E-state index contributed by atoms with van der Waals surface area (Å²) < 4.78 is 32.8. The Labute approximate surface area is 164 Å². The minimum atomic E-state index is -3.83. The second-order valence-corrected chi connectivity index (χ2v) is 8.93. The van der Waals surface area contributed by atoms with E-state index < -0.39 is 21.4 Å². The normalized spacial score (nSPS) is 15.3. The van der Waals surface area contributed by atoms with E-state index in [0.29, 0.717) is 16.9 Å². The van der Waals surface area contributed by atoms with Crippen molar-refractivity contribution in [2.45, 2.75) is 31.1 Å². The van der Waals surface area contributed by atoms with Crippen molar-refractivity contribution in [3.8, 4) is 0 Å². The highest BCUT2D eigenvalue weighted by Crippen LogP contribution is 2.42. The molecule has 1 heterocycles. The van der Waals surface area contributed by atoms with E-state index in [1.54, 1.807) is 32.0 Å². The van der Waals surface area contributed by atoms with Crippen LogP contribution < -0.4 is 9.62 Å². The summed E-state index contributed by atoms with van der Waals surface area (Å²) >= 11 is 0. The number of nitrogens with one attached hydrogen (secondary N) is 1. The molecule has 0 radical (unpaired) electrons. The number of anilines is 2. The average Bonchev–Trinajstić information content (AvgIpc) is 2.84. The highest BCUT2D eigenvalue weighted by molar-refractivity contribution is 7.92. The number of methoxy groups -OCH3 is 1. The standard InChI is InChI=1S/C20H22N2O5S/c1-13-5-7-14(8-6-13)21-28(25,26)15-9-10-17-16(11-15)20(2,3)19(24)22(17)12-18(23)27-4/h5-11,21H,12H2,1-4H3. The van der Waals surface area contributed by atoms with Crippen molar-refractivity contribution in [2.24, 2.45) is 0 Å². The van der Waals surface area contributed by atoms with Gasteiger partial charge in [0.15, 0.2) is 0 Å². The number of sulfonamides is 1. The highest BCUT2D eigenvalue weighted by atomic mass is 32.2. The van der Waals surface area contributed by atoms with Crippen molar-refractivity contribution in [2.75, 3.05) is 23.3 Å². The molecule has 0 aliphatic carbocycles. The van der Waals surface area contributed by atoms with Gasteiger partial charge in [-0.25, -0.2) is 8.42 Å². The Hall–Kier alpha value is -2.87. The Morgan fingerprint density at radius 2 is 1.79 bits per heavy atom. The molecule has 0 atom stereocenters. The van der Waals surface area contributed by atoms with Crippen LogP contribution in [0.5, 0.6) is 0 Å². The first-order valence-corrected chi connectivity index (χ1v) is 10.2. The number of carbonyl (C=O) groups is 2. The summed E-state index contributed by atoms with van der Waals surface area (Å²) in [7, 11) is -2.58. The summed E-state index contributed by atoms with van der Waals surface area (Å²) in [6.07, 6.45) is 0. The van der Waals surface area contributed by atoms with E-state index in [1.807, 2.05) is 19.1 Å². The first kappa shape index (κ1) is 19.9. The van der Waals surface area contributed by atoms with Crippen LogP contribution in [0.25, 0.3) is 0 Å². The van der Waals surface area contributed by atoms with Crippen LogP contribution in [0.1, 0.15) is 25.0 Å². The average molecular weight is 402 g/mol. The molecule has 3 rings (SSSR count). The fourth-order valence-corrected chi connectivity index (χ4v) is 4.25. The summed E-state index contributed by atoms with van der Waals surface area (Å²) in [5, 5.41) is 0. The predicted molar refractivity (Wildman–Crippen MR) is 106 cm³/mol. The molecular weight excluding hydrogens is 380 g/mol. The predicted octanol–water partition coefficient (Wildman–Crippen LogP) is 2.59. The topological polar surface area (TPSA) is 92.8 Å². The molecule has 1 amide bonds. The number of fused-ring (bicyclic) bond motifs is 1. The van der Waals surface area contributed by atoms with E-state index in [-0.39, 0.29) is 17.3 Å². The number of rotatable bonds is 5. The number of carbonyl (C=O) groups excluding carboxylic acids is 2. The van der Waals surface area contributed by atoms with Crippen LogP contribution in [0, 0.1) is 6.92 Å². The van der Waals surface area contributed by atoms with Crippen LogP contribution >= 0.6 is 0 Å². The van der Waals surface area contributed by atoms with Crippen LogP contribution in [0.3, 0.4) is 0 Å². The molecule has 1 aliphatic heterocycles. The molecule has 0 saturated carbocycles. The third-order valence-electron chi connectivity index (χ3n) is 4.84. The Morgan fingerprint density at radius 3 is 2.39 bits per heavy atom. The summed E-state index contributed by atoms with van der Waals surface area (Å²) in [6, 6.07) is 11.5. The summed E-state index contributed by atoms with van der Waals surface area (Å²) in [5.74, 6) is -0.830. The van der Waals surface area contributed by atoms with Gasteiger partial charge in [0.05, 0.1) is 17.4 Å². The van der Waals surface area contributed by atoms with Gasteiger partial charge in [0.1, 0.15) is 6.54 Å². The van der Waals surface area contributed by atoms with E-state index in [9.17, 15) is 18.0 Å². The third kappa shape index (κ3) is 3.47. The molecule has 0 bridgehead atoms. The Bertz CT molecular complexity index is 1040. The molecule has 1 aliphatic rings. The molecule has 148 valence electrons. The van der Waals surface area contributed by atoms with Crippen molar-refractivity contribution in [3.63, 3.8) is 0 Å². The fraction of sp³-hybridized carbons (Fsp3) is 0.300. The number of ether oxygens (including phenoxy) is 1. The summed E-state index contributed by atoms with van der Waals surface area (Å²) in [6.45, 7) is 5.10. The van der Waals surface area contributed by atoms with Crippen LogP contribution in [-0.2, 0) is 29.8 Å². The van der Waals surface area contributed by atoms with Crippen molar-refractivity contribution in [1.29, 1.82) is 0 Å². The maximum absolute atomic E-state index is 12.8. The van der Waals surface area contributed by atoms with Crippen molar-refractivity contribution < 1.29 is 22.7 Å². The molecule has 28 heavy (non-hydrogen) atoms. The molecule has 0 spiro atoms. The molecular formula is C20H22N2O5S. The molecule has 0 aromatic heterocycles. The van der Waals surface area contributed by atoms with Gasteiger partial charge in [-0.05, 0) is 56.7 Å². The largest absolute Gasteiger partial charge is 0.468 e. The van der Waals surface area contributed by atoms with Crippen molar-refractivity contribution >= 4 is 33.3 Å². The smallest absolute Gasteiger partial charge is 0.325 e. The SMILES string of the molecule is COC(=O)CN1C(=O)C(C)(C)c2cc(S(=O)(=O)Nc3ccc(C)cc3)ccc21. The van der Waals surface area contributed by atoms with Gasteiger partial charge in [0, 0.05) is 11.4 Å². The van der Waals surface area contributed by atoms with Crippen molar-refractivity contribution in [1.82, 2.24) is 0 Å². The summed E-state index contributed by atoms with van der Waals surface area (Å²) in [4.78, 5) is 25.8. The van der Waals surface area contributed by atoms with E-state index in [0.717, 1.165) is 5.56 Å². The number of hydrogen-bond donors (Lipinski definition) is 1. The minimum Gasteiger partial charge on any atom is -0.468 e. The van der Waals surface area contributed by atoms with Gasteiger partial charge >= 0.3 is 5.97 Å². The van der Waals surface area contributed by atoms with Crippen LogP contribution in [0.15, 0.2) is 47.4 Å². The van der Waals surface area contributed by atoms with Gasteiger partial charge in [-0.3, -0.25) is 14.3 Å². The van der Waals surface area contributed by atoms with E-state index in [4.69, 9.17) is 0 Å². The van der Waals surface area contributed by atoms with Gasteiger partial charge in [-0.15, -0.1) is 0 Å². The van der Waals surface area contributed by atoms with E-state index >= 15 is 0 Å². The Morgan fingerprint density at radius 1 is 1.14 bits per heavy atom. The third-order valence-corrected chi connectivity index (χ3v) is 6.22. The second kappa shape index (κ2) is 6.94. The maximum atomic E-state index is 12.8. The zero-order valence-electron chi connectivity index (χ0n) is 16.1.